The van der Waals surface area contributed by atoms with Crippen molar-refractivity contribution in [2.24, 2.45) is 7.05 Å². The van der Waals surface area contributed by atoms with Crippen LogP contribution in [0.2, 0.25) is 5.15 Å². The number of aryl methyl sites for hydroxylation is 2. The first kappa shape index (κ1) is 11.3. The summed E-state index contributed by atoms with van der Waals surface area (Å²) < 4.78 is 1.58. The van der Waals surface area contributed by atoms with E-state index in [2.05, 4.69) is 25.5 Å². The van der Waals surface area contributed by atoms with Gasteiger partial charge in [0.1, 0.15) is 16.0 Å². The molecule has 0 aliphatic rings. The van der Waals surface area contributed by atoms with Crippen molar-refractivity contribution in [2.45, 2.75) is 23.5 Å². The summed E-state index contributed by atoms with van der Waals surface area (Å²) in [5.41, 5.74) is 0. The molecule has 0 unspecified atom stereocenters. The van der Waals surface area contributed by atoms with Crippen molar-refractivity contribution in [3.05, 3.63) is 17.0 Å². The van der Waals surface area contributed by atoms with E-state index in [0.717, 1.165) is 11.4 Å². The lowest BCUT2D eigenvalue weighted by Crippen LogP contribution is -1.97. The second-order valence-electron chi connectivity index (χ2n) is 2.99. The van der Waals surface area contributed by atoms with Crippen molar-refractivity contribution in [3.8, 4) is 0 Å². The summed E-state index contributed by atoms with van der Waals surface area (Å²) in [6.07, 6.45) is 0.741. The number of rotatable bonds is 3. The van der Waals surface area contributed by atoms with Gasteiger partial charge in [0.25, 0.3) is 0 Å². The molecule has 0 aliphatic heterocycles. The topological polar surface area (TPSA) is 69.4 Å². The van der Waals surface area contributed by atoms with Crippen LogP contribution in [0, 0.1) is 0 Å². The molecule has 0 radical (unpaired) electrons. The summed E-state index contributed by atoms with van der Waals surface area (Å²) in [5.74, 6) is 0.713. The van der Waals surface area contributed by atoms with Crippen LogP contribution in [-0.2, 0) is 13.5 Å². The molecule has 0 saturated carbocycles. The van der Waals surface area contributed by atoms with Gasteiger partial charge in [-0.2, -0.15) is 0 Å². The minimum Gasteiger partial charge on any atom is -0.226 e. The summed E-state index contributed by atoms with van der Waals surface area (Å²) in [4.78, 5) is 8.41. The van der Waals surface area contributed by atoms with Gasteiger partial charge in [0, 0.05) is 19.5 Å². The van der Waals surface area contributed by atoms with Gasteiger partial charge in [-0.25, -0.2) is 14.6 Å². The average Bonchev–Trinajstić information content (AvgIpc) is 2.63. The smallest absolute Gasteiger partial charge is 0.215 e. The lowest BCUT2D eigenvalue weighted by atomic mass is 10.4. The molecule has 2 heterocycles. The van der Waals surface area contributed by atoms with Crippen molar-refractivity contribution in [1.29, 1.82) is 0 Å². The third kappa shape index (κ3) is 2.48. The highest BCUT2D eigenvalue weighted by atomic mass is 35.5. The van der Waals surface area contributed by atoms with Crippen LogP contribution in [0.3, 0.4) is 0 Å². The Labute approximate surface area is 101 Å². The van der Waals surface area contributed by atoms with Crippen LogP contribution in [0.15, 0.2) is 16.2 Å². The molecule has 16 heavy (non-hydrogen) atoms. The van der Waals surface area contributed by atoms with E-state index in [4.69, 9.17) is 11.6 Å². The fourth-order valence-corrected chi connectivity index (χ4v) is 2.07. The molecule has 0 saturated heterocycles. The zero-order valence-electron chi connectivity index (χ0n) is 8.75. The molecular weight excluding hydrogens is 248 g/mol. The van der Waals surface area contributed by atoms with E-state index in [1.54, 1.807) is 17.8 Å². The first-order valence-corrected chi connectivity index (χ1v) is 5.82. The summed E-state index contributed by atoms with van der Waals surface area (Å²) in [7, 11) is 1.77. The number of hydrogen-bond donors (Lipinski definition) is 0. The zero-order valence-corrected chi connectivity index (χ0v) is 10.3. The van der Waals surface area contributed by atoms with Crippen LogP contribution in [-0.4, -0.2) is 30.2 Å². The van der Waals surface area contributed by atoms with Crippen LogP contribution in [0.4, 0.5) is 0 Å². The van der Waals surface area contributed by atoms with Crippen LogP contribution in [0.25, 0.3) is 0 Å². The van der Waals surface area contributed by atoms with E-state index >= 15 is 0 Å². The second kappa shape index (κ2) is 4.75. The van der Waals surface area contributed by atoms with Gasteiger partial charge in [0.05, 0.1) is 0 Å². The molecule has 0 aliphatic carbocycles. The van der Waals surface area contributed by atoms with Gasteiger partial charge in [-0.15, -0.1) is 5.10 Å². The SMILES string of the molecule is CCc1nc(Cl)cc(Sc2nnnn2C)n1. The summed E-state index contributed by atoms with van der Waals surface area (Å²) >= 11 is 7.24. The average molecular weight is 257 g/mol. The van der Waals surface area contributed by atoms with E-state index in [0.29, 0.717) is 16.1 Å². The molecule has 0 spiro atoms. The molecule has 2 rings (SSSR count). The van der Waals surface area contributed by atoms with Crippen molar-refractivity contribution < 1.29 is 0 Å². The molecular formula is C8H9ClN6S. The normalized spacial score (nSPS) is 10.7. The van der Waals surface area contributed by atoms with E-state index in [-0.39, 0.29) is 0 Å². The molecule has 0 bridgehead atoms. The molecule has 0 atom stereocenters. The van der Waals surface area contributed by atoms with Crippen molar-refractivity contribution in [1.82, 2.24) is 30.2 Å². The Morgan fingerprint density at radius 2 is 2.25 bits per heavy atom. The molecule has 0 N–H and O–H groups in total. The number of hydrogen-bond acceptors (Lipinski definition) is 6. The van der Waals surface area contributed by atoms with Gasteiger partial charge in [-0.3, -0.25) is 0 Å². The zero-order chi connectivity index (χ0) is 11.5. The maximum absolute atomic E-state index is 5.89. The van der Waals surface area contributed by atoms with Gasteiger partial charge in [0.15, 0.2) is 0 Å². The first-order chi connectivity index (χ1) is 7.69. The molecule has 84 valence electrons. The summed E-state index contributed by atoms with van der Waals surface area (Å²) in [6, 6.07) is 1.69. The van der Waals surface area contributed by atoms with Crippen LogP contribution in [0.1, 0.15) is 12.7 Å². The molecule has 0 fully saturated rings. The maximum atomic E-state index is 5.89. The number of nitrogens with zero attached hydrogens (tertiary/aromatic N) is 6. The van der Waals surface area contributed by atoms with Crippen LogP contribution >= 0.6 is 23.4 Å². The Morgan fingerprint density at radius 1 is 1.44 bits per heavy atom. The Hall–Kier alpha value is -1.21. The van der Waals surface area contributed by atoms with Gasteiger partial charge in [-0.1, -0.05) is 18.5 Å². The molecule has 2 aromatic heterocycles. The fraction of sp³-hybridized carbons (Fsp3) is 0.375. The van der Waals surface area contributed by atoms with E-state index < -0.39 is 0 Å². The third-order valence-electron chi connectivity index (χ3n) is 1.81. The van der Waals surface area contributed by atoms with Gasteiger partial charge in [-0.05, 0) is 22.2 Å². The minimum atomic E-state index is 0.435. The summed E-state index contributed by atoms with van der Waals surface area (Å²) in [5, 5.41) is 13.0. The third-order valence-corrected chi connectivity index (χ3v) is 2.95. The van der Waals surface area contributed by atoms with Crippen molar-refractivity contribution >= 4 is 23.4 Å². The fourth-order valence-electron chi connectivity index (χ4n) is 1.05. The van der Waals surface area contributed by atoms with Gasteiger partial charge in [0.2, 0.25) is 5.16 Å². The predicted molar refractivity (Wildman–Crippen MR) is 59.3 cm³/mol. The Bertz CT molecular complexity index is 499. The van der Waals surface area contributed by atoms with Crippen molar-refractivity contribution in [2.75, 3.05) is 0 Å². The lowest BCUT2D eigenvalue weighted by molar-refractivity contribution is 0.664. The van der Waals surface area contributed by atoms with E-state index in [1.165, 1.54) is 11.8 Å². The largest absolute Gasteiger partial charge is 0.226 e. The highest BCUT2D eigenvalue weighted by Gasteiger charge is 2.08. The monoisotopic (exact) mass is 256 g/mol. The molecule has 0 aromatic carbocycles. The standard InChI is InChI=1S/C8H9ClN6S/c1-3-6-10-5(9)4-7(11-6)16-8-12-13-14-15(8)2/h4H,3H2,1-2H3. The number of aromatic nitrogens is 6. The Balaban J connectivity index is 2.28. The van der Waals surface area contributed by atoms with Gasteiger partial charge >= 0.3 is 0 Å². The predicted octanol–water partition coefficient (Wildman–Crippen LogP) is 1.37. The van der Waals surface area contributed by atoms with Crippen molar-refractivity contribution in [3.63, 3.8) is 0 Å². The Kier molecular flexibility index (Phi) is 3.35. The second-order valence-corrected chi connectivity index (χ2v) is 4.36. The van der Waals surface area contributed by atoms with Gasteiger partial charge < -0.3 is 0 Å². The van der Waals surface area contributed by atoms with Crippen LogP contribution in [0.5, 0.6) is 0 Å². The highest BCUT2D eigenvalue weighted by Crippen LogP contribution is 2.24. The van der Waals surface area contributed by atoms with Crippen LogP contribution < -0.4 is 0 Å². The number of tetrazole rings is 1. The molecule has 0 amide bonds. The molecule has 2 aromatic rings. The summed E-state index contributed by atoms with van der Waals surface area (Å²) in [6.45, 7) is 1.98. The van der Waals surface area contributed by atoms with E-state index in [9.17, 15) is 0 Å². The highest BCUT2D eigenvalue weighted by molar-refractivity contribution is 7.99. The first-order valence-electron chi connectivity index (χ1n) is 4.62. The maximum Gasteiger partial charge on any atom is 0.215 e. The van der Waals surface area contributed by atoms with E-state index in [1.807, 2.05) is 6.92 Å². The molecule has 6 nitrogen and oxygen atoms in total. The number of halogens is 1. The molecule has 8 heteroatoms. The quantitative estimate of drug-likeness (QED) is 0.773. The Morgan fingerprint density at radius 3 is 2.88 bits per heavy atom. The minimum absolute atomic E-state index is 0.435. The lowest BCUT2D eigenvalue weighted by Gasteiger charge is -2.01.